The number of hydrogen-bond acceptors (Lipinski definition) is 2. The fourth-order valence-electron chi connectivity index (χ4n) is 2.10. The highest BCUT2D eigenvalue weighted by atomic mass is 79.9. The van der Waals surface area contributed by atoms with Gasteiger partial charge in [-0.3, -0.25) is 0 Å². The minimum atomic E-state index is 0.477. The standard InChI is InChI=1S/C15H18BrNS/c1-17-13(14-10-11-15(16)18-14)9-5-8-12-6-3-2-4-7-12/h2-4,6-7,10-11,13,17H,5,8-9H2,1H3. The van der Waals surface area contributed by atoms with Crippen LogP contribution in [-0.2, 0) is 6.42 Å². The van der Waals surface area contributed by atoms with Gasteiger partial charge in [-0.2, -0.15) is 0 Å². The first-order valence-electron chi connectivity index (χ1n) is 6.26. The molecule has 1 N–H and O–H groups in total. The predicted octanol–water partition coefficient (Wildman–Crippen LogP) is 4.79. The van der Waals surface area contributed by atoms with Gasteiger partial charge in [-0.15, -0.1) is 11.3 Å². The van der Waals surface area contributed by atoms with Gasteiger partial charge in [0.2, 0.25) is 0 Å². The van der Waals surface area contributed by atoms with Crippen LogP contribution in [0.3, 0.4) is 0 Å². The van der Waals surface area contributed by atoms with Gasteiger partial charge in [0.05, 0.1) is 3.79 Å². The second-order valence-electron chi connectivity index (χ2n) is 4.36. The number of aryl methyl sites for hydroxylation is 1. The van der Waals surface area contributed by atoms with E-state index in [1.807, 2.05) is 18.4 Å². The molecule has 2 aromatic rings. The van der Waals surface area contributed by atoms with Crippen LogP contribution in [0.5, 0.6) is 0 Å². The minimum Gasteiger partial charge on any atom is -0.312 e. The van der Waals surface area contributed by atoms with Crippen molar-refractivity contribution in [2.45, 2.75) is 25.3 Å². The molecule has 1 aromatic heterocycles. The molecule has 1 nitrogen and oxygen atoms in total. The molecule has 18 heavy (non-hydrogen) atoms. The Kier molecular flexibility index (Phi) is 5.42. The summed E-state index contributed by atoms with van der Waals surface area (Å²) in [5.74, 6) is 0. The summed E-state index contributed by atoms with van der Waals surface area (Å²) in [6.07, 6.45) is 3.55. The van der Waals surface area contributed by atoms with Crippen LogP contribution in [0, 0.1) is 0 Å². The quantitative estimate of drug-likeness (QED) is 0.805. The van der Waals surface area contributed by atoms with Crippen molar-refractivity contribution < 1.29 is 0 Å². The molecule has 0 amide bonds. The maximum absolute atomic E-state index is 3.53. The molecule has 0 aliphatic heterocycles. The number of thiophene rings is 1. The van der Waals surface area contributed by atoms with Gasteiger partial charge >= 0.3 is 0 Å². The molecule has 0 radical (unpaired) electrons. The Morgan fingerprint density at radius 2 is 1.94 bits per heavy atom. The average Bonchev–Trinajstić information content (AvgIpc) is 2.82. The maximum atomic E-state index is 3.53. The van der Waals surface area contributed by atoms with Crippen molar-refractivity contribution in [1.29, 1.82) is 0 Å². The number of halogens is 1. The number of benzene rings is 1. The molecular formula is C15H18BrNS. The second-order valence-corrected chi connectivity index (χ2v) is 6.86. The van der Waals surface area contributed by atoms with E-state index in [1.165, 1.54) is 27.1 Å². The number of rotatable bonds is 6. The van der Waals surface area contributed by atoms with Crippen LogP contribution in [0.4, 0.5) is 0 Å². The van der Waals surface area contributed by atoms with Crippen molar-refractivity contribution in [2.75, 3.05) is 7.05 Å². The van der Waals surface area contributed by atoms with Crippen LogP contribution in [-0.4, -0.2) is 7.05 Å². The molecule has 1 heterocycles. The molecule has 3 heteroatoms. The Morgan fingerprint density at radius 1 is 1.17 bits per heavy atom. The summed E-state index contributed by atoms with van der Waals surface area (Å²) in [7, 11) is 2.04. The molecule has 0 aliphatic rings. The molecule has 0 spiro atoms. The lowest BCUT2D eigenvalue weighted by Crippen LogP contribution is -2.15. The van der Waals surface area contributed by atoms with Crippen molar-refractivity contribution in [1.82, 2.24) is 5.32 Å². The molecule has 0 bridgehead atoms. The van der Waals surface area contributed by atoms with Gasteiger partial charge in [0.1, 0.15) is 0 Å². The van der Waals surface area contributed by atoms with Gasteiger partial charge in [-0.25, -0.2) is 0 Å². The zero-order chi connectivity index (χ0) is 12.8. The number of hydrogen-bond donors (Lipinski definition) is 1. The molecule has 0 aliphatic carbocycles. The van der Waals surface area contributed by atoms with E-state index in [9.17, 15) is 0 Å². The Bertz CT molecular complexity index is 466. The SMILES string of the molecule is CNC(CCCc1ccccc1)c1ccc(Br)s1. The van der Waals surface area contributed by atoms with Crippen LogP contribution in [0.25, 0.3) is 0 Å². The van der Waals surface area contributed by atoms with E-state index in [0.29, 0.717) is 6.04 Å². The summed E-state index contributed by atoms with van der Waals surface area (Å²) in [6.45, 7) is 0. The Balaban J connectivity index is 1.85. The lowest BCUT2D eigenvalue weighted by molar-refractivity contribution is 0.535. The smallest absolute Gasteiger partial charge is 0.0701 e. The normalized spacial score (nSPS) is 12.6. The second kappa shape index (κ2) is 7.07. The third-order valence-electron chi connectivity index (χ3n) is 3.09. The zero-order valence-electron chi connectivity index (χ0n) is 10.5. The van der Waals surface area contributed by atoms with Crippen LogP contribution in [0.2, 0.25) is 0 Å². The third-order valence-corrected chi connectivity index (χ3v) is 4.82. The summed E-state index contributed by atoms with van der Waals surface area (Å²) >= 11 is 5.35. The van der Waals surface area contributed by atoms with Gasteiger partial charge in [0.25, 0.3) is 0 Å². The van der Waals surface area contributed by atoms with Crippen LogP contribution in [0.1, 0.15) is 29.3 Å². The summed E-state index contributed by atoms with van der Waals surface area (Å²) in [5.41, 5.74) is 1.43. The van der Waals surface area contributed by atoms with E-state index in [2.05, 4.69) is 63.7 Å². The minimum absolute atomic E-state index is 0.477. The van der Waals surface area contributed by atoms with E-state index in [4.69, 9.17) is 0 Å². The highest BCUT2D eigenvalue weighted by molar-refractivity contribution is 9.11. The highest BCUT2D eigenvalue weighted by Crippen LogP contribution is 2.29. The monoisotopic (exact) mass is 323 g/mol. The topological polar surface area (TPSA) is 12.0 Å². The molecule has 0 saturated carbocycles. The van der Waals surface area contributed by atoms with Crippen molar-refractivity contribution in [3.8, 4) is 0 Å². The van der Waals surface area contributed by atoms with Gasteiger partial charge in [0, 0.05) is 10.9 Å². The fourth-order valence-corrected chi connectivity index (χ4v) is 3.67. The van der Waals surface area contributed by atoms with E-state index in [1.54, 1.807) is 0 Å². The fraction of sp³-hybridized carbons (Fsp3) is 0.333. The Hall–Kier alpha value is -0.640. The maximum Gasteiger partial charge on any atom is 0.0701 e. The first kappa shape index (κ1) is 13.8. The summed E-state index contributed by atoms with van der Waals surface area (Å²) in [5, 5.41) is 3.41. The van der Waals surface area contributed by atoms with E-state index in [-0.39, 0.29) is 0 Å². The predicted molar refractivity (Wildman–Crippen MR) is 83.2 cm³/mol. The van der Waals surface area contributed by atoms with Gasteiger partial charge in [-0.1, -0.05) is 30.3 Å². The van der Waals surface area contributed by atoms with Crippen LogP contribution >= 0.6 is 27.3 Å². The number of nitrogens with one attached hydrogen (secondary N) is 1. The Morgan fingerprint density at radius 3 is 2.56 bits per heavy atom. The first-order chi connectivity index (χ1) is 8.79. The molecule has 1 aromatic carbocycles. The molecule has 0 fully saturated rings. The summed E-state index contributed by atoms with van der Waals surface area (Å²) in [6, 6.07) is 15.5. The van der Waals surface area contributed by atoms with Gasteiger partial charge in [-0.05, 0) is 59.9 Å². The van der Waals surface area contributed by atoms with Gasteiger partial charge in [0.15, 0.2) is 0 Å². The highest BCUT2D eigenvalue weighted by Gasteiger charge is 2.10. The van der Waals surface area contributed by atoms with Crippen molar-refractivity contribution in [3.05, 3.63) is 56.7 Å². The average molecular weight is 324 g/mol. The molecule has 1 atom stereocenters. The Labute approximate surface area is 121 Å². The van der Waals surface area contributed by atoms with Crippen molar-refractivity contribution in [3.63, 3.8) is 0 Å². The van der Waals surface area contributed by atoms with Crippen LogP contribution < -0.4 is 5.32 Å². The lowest BCUT2D eigenvalue weighted by Gasteiger charge is -2.14. The molecule has 1 unspecified atom stereocenters. The van der Waals surface area contributed by atoms with E-state index < -0.39 is 0 Å². The lowest BCUT2D eigenvalue weighted by atomic mass is 10.0. The first-order valence-corrected chi connectivity index (χ1v) is 7.87. The summed E-state index contributed by atoms with van der Waals surface area (Å²) in [4.78, 5) is 1.41. The van der Waals surface area contributed by atoms with Gasteiger partial charge < -0.3 is 5.32 Å². The van der Waals surface area contributed by atoms with E-state index >= 15 is 0 Å². The van der Waals surface area contributed by atoms with Crippen LogP contribution in [0.15, 0.2) is 46.3 Å². The van der Waals surface area contributed by atoms with E-state index in [0.717, 1.165) is 6.42 Å². The zero-order valence-corrected chi connectivity index (χ0v) is 12.9. The van der Waals surface area contributed by atoms with Crippen molar-refractivity contribution in [2.24, 2.45) is 0 Å². The summed E-state index contributed by atoms with van der Waals surface area (Å²) < 4.78 is 1.21. The molecule has 96 valence electrons. The largest absolute Gasteiger partial charge is 0.312 e. The molecular weight excluding hydrogens is 306 g/mol. The molecule has 0 saturated heterocycles. The third kappa shape index (κ3) is 3.94. The molecule has 2 rings (SSSR count). The van der Waals surface area contributed by atoms with Crippen molar-refractivity contribution >= 4 is 27.3 Å².